The third-order valence-electron chi connectivity index (χ3n) is 3.42. The molecule has 100 valence electrons. The summed E-state index contributed by atoms with van der Waals surface area (Å²) in [6.45, 7) is 4.78. The van der Waals surface area contributed by atoms with Gasteiger partial charge in [0.15, 0.2) is 0 Å². The zero-order valence-electron chi connectivity index (χ0n) is 11.0. The van der Waals surface area contributed by atoms with E-state index in [4.69, 9.17) is 0 Å². The van der Waals surface area contributed by atoms with Crippen molar-refractivity contribution < 1.29 is 4.79 Å². The molecule has 0 atom stereocenters. The molecule has 2 rings (SSSR count). The molecule has 18 heavy (non-hydrogen) atoms. The first-order valence-electron chi connectivity index (χ1n) is 6.30. The minimum atomic E-state index is 0. The quantitative estimate of drug-likeness (QED) is 0.888. The van der Waals surface area contributed by atoms with E-state index in [1.165, 1.54) is 11.1 Å². The molecule has 0 aliphatic carbocycles. The van der Waals surface area contributed by atoms with E-state index in [0.717, 1.165) is 38.0 Å². The van der Waals surface area contributed by atoms with Crippen molar-refractivity contribution in [2.45, 2.75) is 19.8 Å². The van der Waals surface area contributed by atoms with Crippen LogP contribution in [0.15, 0.2) is 18.2 Å². The van der Waals surface area contributed by atoms with E-state index in [9.17, 15) is 4.79 Å². The first-order valence-corrected chi connectivity index (χ1v) is 6.30. The molecule has 0 spiro atoms. The lowest BCUT2D eigenvalue weighted by Crippen LogP contribution is -2.26. The Kier molecular flexibility index (Phi) is 5.63. The van der Waals surface area contributed by atoms with Gasteiger partial charge in [-0.2, -0.15) is 0 Å². The number of carbonyl (C=O) groups excluding carboxylic acids is 1. The zero-order valence-corrected chi connectivity index (χ0v) is 11.8. The molecular formula is C14H21ClN2O. The maximum Gasteiger partial charge on any atom is 0.253 e. The molecular weight excluding hydrogens is 248 g/mol. The van der Waals surface area contributed by atoms with Crippen molar-refractivity contribution >= 4 is 18.3 Å². The molecule has 1 aliphatic rings. The molecule has 1 amide bonds. The molecule has 4 heteroatoms. The van der Waals surface area contributed by atoms with Crippen LogP contribution in [-0.4, -0.2) is 37.5 Å². The number of amides is 1. The second-order valence-corrected chi connectivity index (χ2v) is 4.55. The van der Waals surface area contributed by atoms with Gasteiger partial charge in [-0.25, -0.2) is 0 Å². The number of benzene rings is 1. The Hall–Kier alpha value is -1.06. The Labute approximate surface area is 115 Å². The van der Waals surface area contributed by atoms with Crippen molar-refractivity contribution in [3.63, 3.8) is 0 Å². The zero-order chi connectivity index (χ0) is 12.3. The average molecular weight is 269 g/mol. The number of hydrogen-bond acceptors (Lipinski definition) is 2. The van der Waals surface area contributed by atoms with E-state index in [0.29, 0.717) is 0 Å². The largest absolute Gasteiger partial charge is 0.342 e. The van der Waals surface area contributed by atoms with E-state index in [2.05, 4.69) is 17.4 Å². The van der Waals surface area contributed by atoms with Crippen LogP contribution >= 0.6 is 12.4 Å². The van der Waals surface area contributed by atoms with Crippen LogP contribution < -0.4 is 5.32 Å². The summed E-state index contributed by atoms with van der Waals surface area (Å²) in [5.41, 5.74) is 3.52. The van der Waals surface area contributed by atoms with Gasteiger partial charge in [0.25, 0.3) is 5.91 Å². The van der Waals surface area contributed by atoms with Crippen LogP contribution in [0.1, 0.15) is 28.4 Å². The highest BCUT2D eigenvalue weighted by Gasteiger charge is 2.13. The summed E-state index contributed by atoms with van der Waals surface area (Å²) in [7, 11) is 1.84. The van der Waals surface area contributed by atoms with Crippen molar-refractivity contribution in [2.75, 3.05) is 26.7 Å². The minimum absolute atomic E-state index is 0. The SMILES string of the molecule is CCN(C)C(=O)c1ccc2c(c1)CCNCC2.Cl. The lowest BCUT2D eigenvalue weighted by molar-refractivity contribution is 0.0802. The summed E-state index contributed by atoms with van der Waals surface area (Å²) in [5, 5.41) is 3.38. The van der Waals surface area contributed by atoms with Gasteiger partial charge in [0.05, 0.1) is 0 Å². The van der Waals surface area contributed by atoms with Crippen molar-refractivity contribution in [3.05, 3.63) is 34.9 Å². The molecule has 0 bridgehead atoms. The number of nitrogens with zero attached hydrogens (tertiary/aromatic N) is 1. The molecule has 0 saturated heterocycles. The summed E-state index contributed by atoms with van der Waals surface area (Å²) in [4.78, 5) is 13.8. The van der Waals surface area contributed by atoms with Gasteiger partial charge in [-0.05, 0) is 56.1 Å². The number of carbonyl (C=O) groups is 1. The van der Waals surface area contributed by atoms with Gasteiger partial charge >= 0.3 is 0 Å². The number of fused-ring (bicyclic) bond motifs is 1. The Balaban J connectivity index is 0.00000162. The second-order valence-electron chi connectivity index (χ2n) is 4.55. The van der Waals surface area contributed by atoms with Crippen LogP contribution in [0.5, 0.6) is 0 Å². The third-order valence-corrected chi connectivity index (χ3v) is 3.42. The number of hydrogen-bond donors (Lipinski definition) is 1. The molecule has 1 N–H and O–H groups in total. The van der Waals surface area contributed by atoms with Gasteiger partial charge < -0.3 is 10.2 Å². The Morgan fingerprint density at radius 2 is 1.94 bits per heavy atom. The van der Waals surface area contributed by atoms with Crippen molar-refractivity contribution in [3.8, 4) is 0 Å². The molecule has 1 heterocycles. The molecule has 0 saturated carbocycles. The van der Waals surface area contributed by atoms with Crippen LogP contribution in [0.3, 0.4) is 0 Å². The fourth-order valence-electron chi connectivity index (χ4n) is 2.17. The molecule has 3 nitrogen and oxygen atoms in total. The van der Waals surface area contributed by atoms with Gasteiger partial charge in [-0.3, -0.25) is 4.79 Å². The predicted molar refractivity (Wildman–Crippen MR) is 76.6 cm³/mol. The summed E-state index contributed by atoms with van der Waals surface area (Å²) >= 11 is 0. The van der Waals surface area contributed by atoms with Crippen LogP contribution in [0.25, 0.3) is 0 Å². The first kappa shape index (κ1) is 15.0. The van der Waals surface area contributed by atoms with Crippen molar-refractivity contribution in [2.24, 2.45) is 0 Å². The Morgan fingerprint density at radius 3 is 2.61 bits per heavy atom. The first-order chi connectivity index (χ1) is 8.22. The van der Waals surface area contributed by atoms with E-state index in [1.54, 1.807) is 4.90 Å². The maximum atomic E-state index is 12.1. The molecule has 0 unspecified atom stereocenters. The molecule has 0 aromatic heterocycles. The smallest absolute Gasteiger partial charge is 0.253 e. The van der Waals surface area contributed by atoms with Gasteiger partial charge in [0, 0.05) is 19.2 Å². The molecule has 0 radical (unpaired) electrons. The monoisotopic (exact) mass is 268 g/mol. The molecule has 0 fully saturated rings. The fraction of sp³-hybridized carbons (Fsp3) is 0.500. The van der Waals surface area contributed by atoms with Crippen LogP contribution in [0.4, 0.5) is 0 Å². The lowest BCUT2D eigenvalue weighted by atomic mass is 9.99. The highest BCUT2D eigenvalue weighted by molar-refractivity contribution is 5.94. The second kappa shape index (κ2) is 6.76. The standard InChI is InChI=1S/C14H20N2O.ClH/c1-3-16(2)14(17)13-5-4-11-6-8-15-9-7-12(11)10-13;/h4-5,10,15H,3,6-9H2,1-2H3;1H. The summed E-state index contributed by atoms with van der Waals surface area (Å²) in [6, 6.07) is 6.13. The van der Waals surface area contributed by atoms with E-state index in [1.807, 2.05) is 20.0 Å². The maximum absolute atomic E-state index is 12.1. The molecule has 1 aromatic carbocycles. The van der Waals surface area contributed by atoms with Gasteiger partial charge in [0.2, 0.25) is 0 Å². The fourth-order valence-corrected chi connectivity index (χ4v) is 2.17. The van der Waals surface area contributed by atoms with E-state index >= 15 is 0 Å². The number of halogens is 1. The van der Waals surface area contributed by atoms with Crippen LogP contribution in [-0.2, 0) is 12.8 Å². The normalized spacial score (nSPS) is 14.1. The van der Waals surface area contributed by atoms with Crippen LogP contribution in [0, 0.1) is 0 Å². The Bertz CT molecular complexity index is 420. The van der Waals surface area contributed by atoms with Gasteiger partial charge in [0.1, 0.15) is 0 Å². The highest BCUT2D eigenvalue weighted by atomic mass is 35.5. The number of nitrogens with one attached hydrogen (secondary N) is 1. The number of rotatable bonds is 2. The van der Waals surface area contributed by atoms with E-state index < -0.39 is 0 Å². The molecule has 1 aliphatic heterocycles. The molecule has 1 aromatic rings. The van der Waals surface area contributed by atoms with Gasteiger partial charge in [-0.15, -0.1) is 12.4 Å². The summed E-state index contributed by atoms with van der Waals surface area (Å²) in [5.74, 6) is 0.118. The predicted octanol–water partition coefficient (Wildman–Crippen LogP) is 1.89. The van der Waals surface area contributed by atoms with E-state index in [-0.39, 0.29) is 18.3 Å². The average Bonchev–Trinajstić information content (AvgIpc) is 2.61. The highest BCUT2D eigenvalue weighted by Crippen LogP contribution is 2.16. The third kappa shape index (κ3) is 3.24. The van der Waals surface area contributed by atoms with Crippen LogP contribution in [0.2, 0.25) is 0 Å². The summed E-state index contributed by atoms with van der Waals surface area (Å²) < 4.78 is 0. The topological polar surface area (TPSA) is 32.3 Å². The van der Waals surface area contributed by atoms with Crippen molar-refractivity contribution in [1.82, 2.24) is 10.2 Å². The van der Waals surface area contributed by atoms with Gasteiger partial charge in [-0.1, -0.05) is 6.07 Å². The lowest BCUT2D eigenvalue weighted by Gasteiger charge is -2.15. The summed E-state index contributed by atoms with van der Waals surface area (Å²) in [6.07, 6.45) is 2.08. The Morgan fingerprint density at radius 1 is 1.28 bits per heavy atom. The minimum Gasteiger partial charge on any atom is -0.342 e. The van der Waals surface area contributed by atoms with Crippen molar-refractivity contribution in [1.29, 1.82) is 0 Å².